The zero-order valence-corrected chi connectivity index (χ0v) is 13.8. The Bertz CT molecular complexity index is 739. The van der Waals surface area contributed by atoms with Gasteiger partial charge in [0.05, 0.1) is 11.6 Å². The lowest BCUT2D eigenvalue weighted by Gasteiger charge is -2.09. The van der Waals surface area contributed by atoms with Gasteiger partial charge in [0.2, 0.25) is 5.91 Å². The average Bonchev–Trinajstić information content (AvgIpc) is 2.56. The van der Waals surface area contributed by atoms with Crippen LogP contribution in [0.1, 0.15) is 0 Å². The van der Waals surface area contributed by atoms with Crippen LogP contribution in [-0.2, 0) is 9.59 Å². The lowest BCUT2D eigenvalue weighted by Crippen LogP contribution is -2.35. The summed E-state index contributed by atoms with van der Waals surface area (Å²) in [7, 11) is 0. The fraction of sp³-hybridized carbons (Fsp3) is 0.125. The van der Waals surface area contributed by atoms with E-state index in [2.05, 4.69) is 10.6 Å². The number of hydrogen-bond donors (Lipinski definition) is 2. The molecule has 2 amide bonds. The first kappa shape index (κ1) is 18.0. The van der Waals surface area contributed by atoms with Gasteiger partial charge in [0.1, 0.15) is 11.6 Å². The smallest absolute Gasteiger partial charge is 0.258 e. The maximum Gasteiger partial charge on any atom is 0.258 e. The fourth-order valence-electron chi connectivity index (χ4n) is 1.69. The largest absolute Gasteiger partial charge is 0.484 e. The summed E-state index contributed by atoms with van der Waals surface area (Å²) in [5.41, 5.74) is 0.332. The molecule has 2 rings (SSSR count). The van der Waals surface area contributed by atoms with E-state index in [1.54, 1.807) is 24.3 Å². The van der Waals surface area contributed by atoms with E-state index in [1.807, 2.05) is 0 Å². The minimum Gasteiger partial charge on any atom is -0.484 e. The molecular weight excluding hydrogens is 358 g/mol. The summed E-state index contributed by atoms with van der Waals surface area (Å²) in [4.78, 5) is 23.3. The van der Waals surface area contributed by atoms with E-state index in [-0.39, 0.29) is 18.2 Å². The Kier molecular flexibility index (Phi) is 6.40. The molecule has 0 aliphatic rings. The van der Waals surface area contributed by atoms with Gasteiger partial charge < -0.3 is 15.4 Å². The lowest BCUT2D eigenvalue weighted by molar-refractivity contribution is -0.125. The van der Waals surface area contributed by atoms with E-state index in [0.717, 1.165) is 6.07 Å². The first-order chi connectivity index (χ1) is 11.4. The maximum atomic E-state index is 13.0. The van der Waals surface area contributed by atoms with Crippen molar-refractivity contribution in [3.63, 3.8) is 0 Å². The van der Waals surface area contributed by atoms with Crippen molar-refractivity contribution in [3.05, 3.63) is 58.3 Å². The minimum atomic E-state index is -0.581. The van der Waals surface area contributed by atoms with Crippen molar-refractivity contribution >= 4 is 40.7 Å². The van der Waals surface area contributed by atoms with Gasteiger partial charge in [-0.3, -0.25) is 9.59 Å². The monoisotopic (exact) mass is 370 g/mol. The number of ether oxygens (including phenoxy) is 1. The SMILES string of the molecule is O=C(COc1ccc(Cl)cc1)NCC(=O)Nc1ccc(F)c(Cl)c1. The van der Waals surface area contributed by atoms with Gasteiger partial charge >= 0.3 is 0 Å². The highest BCUT2D eigenvalue weighted by Gasteiger charge is 2.08. The van der Waals surface area contributed by atoms with Crippen LogP contribution in [0.25, 0.3) is 0 Å². The van der Waals surface area contributed by atoms with E-state index in [0.29, 0.717) is 16.5 Å². The number of hydrogen-bond acceptors (Lipinski definition) is 3. The summed E-state index contributed by atoms with van der Waals surface area (Å²) >= 11 is 11.3. The predicted octanol–water partition coefficient (Wildman–Crippen LogP) is 3.27. The zero-order chi connectivity index (χ0) is 17.5. The van der Waals surface area contributed by atoms with Crippen molar-refractivity contribution in [2.75, 3.05) is 18.5 Å². The van der Waals surface area contributed by atoms with Crippen LogP contribution in [0.4, 0.5) is 10.1 Å². The van der Waals surface area contributed by atoms with Crippen LogP contribution in [0.2, 0.25) is 10.0 Å². The molecule has 0 atom stereocenters. The van der Waals surface area contributed by atoms with Crippen LogP contribution >= 0.6 is 23.2 Å². The zero-order valence-electron chi connectivity index (χ0n) is 12.3. The van der Waals surface area contributed by atoms with Crippen LogP contribution in [0.15, 0.2) is 42.5 Å². The predicted molar refractivity (Wildman–Crippen MR) is 90.0 cm³/mol. The third-order valence-electron chi connectivity index (χ3n) is 2.83. The van der Waals surface area contributed by atoms with Crippen molar-refractivity contribution in [1.82, 2.24) is 5.32 Å². The Hall–Kier alpha value is -2.31. The molecule has 0 radical (unpaired) electrons. The van der Waals surface area contributed by atoms with E-state index in [9.17, 15) is 14.0 Å². The van der Waals surface area contributed by atoms with Crippen molar-refractivity contribution in [2.45, 2.75) is 0 Å². The van der Waals surface area contributed by atoms with Gasteiger partial charge in [0.25, 0.3) is 5.91 Å². The molecular formula is C16H13Cl2FN2O3. The number of nitrogens with one attached hydrogen (secondary N) is 2. The second-order valence-electron chi connectivity index (χ2n) is 4.70. The molecule has 0 saturated heterocycles. The third kappa shape index (κ3) is 5.72. The van der Waals surface area contributed by atoms with Gasteiger partial charge in [0, 0.05) is 10.7 Å². The summed E-state index contributed by atoms with van der Waals surface area (Å²) < 4.78 is 18.3. The van der Waals surface area contributed by atoms with Gasteiger partial charge in [-0.2, -0.15) is 0 Å². The third-order valence-corrected chi connectivity index (χ3v) is 3.37. The number of amides is 2. The van der Waals surface area contributed by atoms with Crippen LogP contribution in [-0.4, -0.2) is 25.0 Å². The highest BCUT2D eigenvalue weighted by Crippen LogP contribution is 2.19. The lowest BCUT2D eigenvalue weighted by atomic mass is 10.3. The first-order valence-corrected chi connectivity index (χ1v) is 7.59. The quantitative estimate of drug-likeness (QED) is 0.819. The Morgan fingerprint density at radius 1 is 1.04 bits per heavy atom. The summed E-state index contributed by atoms with van der Waals surface area (Å²) in [6.07, 6.45) is 0. The number of rotatable bonds is 6. The molecule has 2 aromatic carbocycles. The normalized spacial score (nSPS) is 10.1. The molecule has 0 heterocycles. The van der Waals surface area contributed by atoms with Crippen molar-refractivity contribution in [2.24, 2.45) is 0 Å². The molecule has 24 heavy (non-hydrogen) atoms. The molecule has 0 aliphatic carbocycles. The van der Waals surface area contributed by atoms with Gasteiger partial charge in [-0.1, -0.05) is 23.2 Å². The van der Waals surface area contributed by atoms with Gasteiger partial charge in [0.15, 0.2) is 6.61 Å². The van der Waals surface area contributed by atoms with Crippen molar-refractivity contribution < 1.29 is 18.7 Å². The van der Waals surface area contributed by atoms with Crippen molar-refractivity contribution in [3.8, 4) is 5.75 Å². The molecule has 8 heteroatoms. The van der Waals surface area contributed by atoms with Crippen LogP contribution in [0, 0.1) is 5.82 Å². The van der Waals surface area contributed by atoms with Crippen LogP contribution in [0.3, 0.4) is 0 Å². The van der Waals surface area contributed by atoms with E-state index >= 15 is 0 Å². The van der Waals surface area contributed by atoms with Crippen LogP contribution < -0.4 is 15.4 Å². The Morgan fingerprint density at radius 3 is 2.42 bits per heavy atom. The van der Waals surface area contributed by atoms with Gasteiger partial charge in [-0.25, -0.2) is 4.39 Å². The molecule has 0 saturated carbocycles. The molecule has 0 bridgehead atoms. The molecule has 126 valence electrons. The Labute approximate surface area is 147 Å². The van der Waals surface area contributed by atoms with E-state index in [1.165, 1.54) is 12.1 Å². The Morgan fingerprint density at radius 2 is 1.75 bits per heavy atom. The second-order valence-corrected chi connectivity index (χ2v) is 5.54. The van der Waals surface area contributed by atoms with Crippen LogP contribution in [0.5, 0.6) is 5.75 Å². The van der Waals surface area contributed by atoms with Gasteiger partial charge in [-0.15, -0.1) is 0 Å². The summed E-state index contributed by atoms with van der Waals surface area (Å²) in [6.45, 7) is -0.491. The summed E-state index contributed by atoms with van der Waals surface area (Å²) in [5.74, 6) is -1.03. The number of carbonyl (C=O) groups is 2. The second kappa shape index (κ2) is 8.52. The molecule has 0 aliphatic heterocycles. The highest BCUT2D eigenvalue weighted by molar-refractivity contribution is 6.31. The number of carbonyl (C=O) groups excluding carboxylic acids is 2. The molecule has 0 fully saturated rings. The molecule has 2 aromatic rings. The topological polar surface area (TPSA) is 67.4 Å². The number of anilines is 1. The Balaban J connectivity index is 1.73. The standard InChI is InChI=1S/C16H13Cl2FN2O3/c17-10-1-4-12(5-2-10)24-9-16(23)20-8-15(22)21-11-3-6-14(19)13(18)7-11/h1-7H,8-9H2,(H,20,23)(H,21,22). The maximum absolute atomic E-state index is 13.0. The van der Waals surface area contributed by atoms with Gasteiger partial charge in [-0.05, 0) is 42.5 Å². The minimum absolute atomic E-state index is 0.104. The summed E-state index contributed by atoms with van der Waals surface area (Å²) in [6, 6.07) is 10.3. The molecule has 0 spiro atoms. The number of benzene rings is 2. The van der Waals surface area contributed by atoms with E-state index < -0.39 is 17.6 Å². The molecule has 5 nitrogen and oxygen atoms in total. The van der Waals surface area contributed by atoms with E-state index in [4.69, 9.17) is 27.9 Å². The van der Waals surface area contributed by atoms with Crippen molar-refractivity contribution in [1.29, 1.82) is 0 Å². The highest BCUT2D eigenvalue weighted by atomic mass is 35.5. The summed E-state index contributed by atoms with van der Waals surface area (Å²) in [5, 5.41) is 5.34. The molecule has 0 aromatic heterocycles. The molecule has 0 unspecified atom stereocenters. The molecule has 2 N–H and O–H groups in total. The fourth-order valence-corrected chi connectivity index (χ4v) is 2.00. The first-order valence-electron chi connectivity index (χ1n) is 6.84. The average molecular weight is 371 g/mol. The number of halogens is 3.